The lowest BCUT2D eigenvalue weighted by Gasteiger charge is -2.03. The maximum absolute atomic E-state index is 10.1. The van der Waals surface area contributed by atoms with E-state index in [1.165, 1.54) is 0 Å². The van der Waals surface area contributed by atoms with Gasteiger partial charge in [-0.2, -0.15) is 16.7 Å². The molecule has 0 aromatic carbocycles. The van der Waals surface area contributed by atoms with E-state index in [1.54, 1.807) is 0 Å². The van der Waals surface area contributed by atoms with E-state index in [4.69, 9.17) is 0 Å². The van der Waals surface area contributed by atoms with Gasteiger partial charge in [0.15, 0.2) is 0 Å². The molecule has 0 spiro atoms. The summed E-state index contributed by atoms with van der Waals surface area (Å²) in [5, 5.41) is 3.02. The van der Waals surface area contributed by atoms with Gasteiger partial charge in [-0.25, -0.2) is 0 Å². The van der Waals surface area contributed by atoms with Gasteiger partial charge in [0, 0.05) is 0 Å². The fourth-order valence-electron chi connectivity index (χ4n) is 0.795. The molecule has 10 heavy (non-hydrogen) atoms. The quantitative estimate of drug-likeness (QED) is 0.443. The predicted molar refractivity (Wildman–Crippen MR) is 47.5 cm³/mol. The first-order chi connectivity index (χ1) is 4.85. The van der Waals surface area contributed by atoms with Crippen LogP contribution in [0, 0.1) is 4.91 Å². The second-order valence-electron chi connectivity index (χ2n) is 2.30. The topological polar surface area (TPSA) is 29.4 Å². The second kappa shape index (κ2) is 7.06. The molecule has 0 fully saturated rings. The normalized spacial score (nSPS) is 13.0. The summed E-state index contributed by atoms with van der Waals surface area (Å²) in [6.07, 6.45) is 5.04. The first-order valence-electron chi connectivity index (χ1n) is 3.66. The molecular formula is C7H15NOS. The number of nitrogens with zero attached hydrogens (tertiary/aromatic N) is 1. The first-order valence-corrected chi connectivity index (χ1v) is 5.06. The Balaban J connectivity index is 3.17. The molecule has 0 rings (SSSR count). The van der Waals surface area contributed by atoms with Crippen molar-refractivity contribution in [3.05, 3.63) is 4.91 Å². The number of nitroso groups, excluding NO2 is 1. The highest BCUT2D eigenvalue weighted by Gasteiger charge is 2.03. The second-order valence-corrected chi connectivity index (χ2v) is 3.29. The van der Waals surface area contributed by atoms with E-state index in [1.807, 2.05) is 18.7 Å². The minimum Gasteiger partial charge on any atom is -0.165 e. The molecule has 0 aromatic rings. The molecule has 0 amide bonds. The van der Waals surface area contributed by atoms with Crippen LogP contribution in [0.4, 0.5) is 0 Å². The molecule has 0 aliphatic rings. The van der Waals surface area contributed by atoms with Gasteiger partial charge in [-0.05, 0) is 31.3 Å². The van der Waals surface area contributed by atoms with E-state index in [-0.39, 0.29) is 6.04 Å². The van der Waals surface area contributed by atoms with Crippen molar-refractivity contribution in [1.82, 2.24) is 0 Å². The highest BCUT2D eigenvalue weighted by molar-refractivity contribution is 7.98. The summed E-state index contributed by atoms with van der Waals surface area (Å²) in [6, 6.07) is 0.0622. The Hall–Kier alpha value is -0.0500. The molecule has 0 aromatic heterocycles. The SMILES string of the molecule is CCC(CCCSC)N=O. The smallest absolute Gasteiger partial charge is 0.0917 e. The monoisotopic (exact) mass is 161 g/mol. The van der Waals surface area contributed by atoms with E-state index >= 15 is 0 Å². The Kier molecular flexibility index (Phi) is 7.03. The zero-order valence-corrected chi connectivity index (χ0v) is 7.49. The first kappa shape index (κ1) is 9.95. The summed E-state index contributed by atoms with van der Waals surface area (Å²) in [6.45, 7) is 2.01. The minimum absolute atomic E-state index is 0.0622. The van der Waals surface area contributed by atoms with Crippen molar-refractivity contribution in [2.24, 2.45) is 5.18 Å². The zero-order valence-electron chi connectivity index (χ0n) is 6.67. The number of hydrogen-bond donors (Lipinski definition) is 0. The van der Waals surface area contributed by atoms with Crippen molar-refractivity contribution >= 4 is 11.8 Å². The maximum Gasteiger partial charge on any atom is 0.0917 e. The van der Waals surface area contributed by atoms with Gasteiger partial charge in [0.2, 0.25) is 0 Å². The van der Waals surface area contributed by atoms with Crippen molar-refractivity contribution in [3.63, 3.8) is 0 Å². The lowest BCUT2D eigenvalue weighted by molar-refractivity contribution is 0.588. The third-order valence-electron chi connectivity index (χ3n) is 1.51. The van der Waals surface area contributed by atoms with Gasteiger partial charge in [-0.1, -0.05) is 12.1 Å². The van der Waals surface area contributed by atoms with E-state index in [9.17, 15) is 4.91 Å². The van der Waals surface area contributed by atoms with Gasteiger partial charge in [0.25, 0.3) is 0 Å². The summed E-state index contributed by atoms with van der Waals surface area (Å²) >= 11 is 1.82. The molecule has 0 heterocycles. The average molecular weight is 161 g/mol. The van der Waals surface area contributed by atoms with Gasteiger partial charge in [0.05, 0.1) is 6.04 Å². The van der Waals surface area contributed by atoms with Gasteiger partial charge < -0.3 is 0 Å². The largest absolute Gasteiger partial charge is 0.165 e. The van der Waals surface area contributed by atoms with Crippen LogP contribution in [-0.2, 0) is 0 Å². The molecule has 0 saturated carbocycles. The fraction of sp³-hybridized carbons (Fsp3) is 1.00. The summed E-state index contributed by atoms with van der Waals surface area (Å²) in [7, 11) is 0. The molecule has 2 nitrogen and oxygen atoms in total. The van der Waals surface area contributed by atoms with Crippen LogP contribution in [0.1, 0.15) is 26.2 Å². The van der Waals surface area contributed by atoms with Crippen LogP contribution >= 0.6 is 11.8 Å². The maximum atomic E-state index is 10.1. The van der Waals surface area contributed by atoms with Crippen molar-refractivity contribution in [3.8, 4) is 0 Å². The lowest BCUT2D eigenvalue weighted by Crippen LogP contribution is -2.01. The van der Waals surface area contributed by atoms with E-state index in [0.29, 0.717) is 0 Å². The van der Waals surface area contributed by atoms with Crippen LogP contribution in [0.25, 0.3) is 0 Å². The Bertz CT molecular complexity index is 87.7. The van der Waals surface area contributed by atoms with Crippen LogP contribution in [0.15, 0.2) is 5.18 Å². The molecule has 0 saturated heterocycles. The summed E-state index contributed by atoms with van der Waals surface area (Å²) < 4.78 is 0. The van der Waals surface area contributed by atoms with Crippen LogP contribution in [0.3, 0.4) is 0 Å². The average Bonchev–Trinajstić information content (AvgIpc) is 1.99. The molecule has 0 aliphatic heterocycles. The van der Waals surface area contributed by atoms with E-state index in [2.05, 4.69) is 11.4 Å². The number of thioether (sulfide) groups is 1. The van der Waals surface area contributed by atoms with E-state index < -0.39 is 0 Å². The molecular weight excluding hydrogens is 146 g/mol. The zero-order chi connectivity index (χ0) is 7.82. The molecule has 0 bridgehead atoms. The molecule has 0 N–H and O–H groups in total. The number of hydrogen-bond acceptors (Lipinski definition) is 3. The third-order valence-corrected chi connectivity index (χ3v) is 2.20. The van der Waals surface area contributed by atoms with Crippen LogP contribution in [0.5, 0.6) is 0 Å². The van der Waals surface area contributed by atoms with Gasteiger partial charge in [0.1, 0.15) is 0 Å². The highest BCUT2D eigenvalue weighted by Crippen LogP contribution is 2.08. The van der Waals surface area contributed by atoms with Crippen molar-refractivity contribution in [1.29, 1.82) is 0 Å². The molecule has 0 aliphatic carbocycles. The standard InChI is InChI=1S/C7H15NOS/c1-3-7(8-9)5-4-6-10-2/h7H,3-6H2,1-2H3. The molecule has 1 atom stereocenters. The van der Waals surface area contributed by atoms with Crippen molar-refractivity contribution in [2.45, 2.75) is 32.2 Å². The number of rotatable bonds is 6. The lowest BCUT2D eigenvalue weighted by atomic mass is 10.1. The Morgan fingerprint density at radius 3 is 2.70 bits per heavy atom. The van der Waals surface area contributed by atoms with Gasteiger partial charge >= 0.3 is 0 Å². The molecule has 1 unspecified atom stereocenters. The fourth-order valence-corrected chi connectivity index (χ4v) is 1.25. The van der Waals surface area contributed by atoms with Gasteiger partial charge in [-0.15, -0.1) is 0 Å². The highest BCUT2D eigenvalue weighted by atomic mass is 32.2. The van der Waals surface area contributed by atoms with Crippen molar-refractivity contribution < 1.29 is 0 Å². The molecule has 3 heteroatoms. The summed E-state index contributed by atoms with van der Waals surface area (Å²) in [4.78, 5) is 10.1. The van der Waals surface area contributed by atoms with Gasteiger partial charge in [-0.3, -0.25) is 0 Å². The van der Waals surface area contributed by atoms with Crippen LogP contribution < -0.4 is 0 Å². The van der Waals surface area contributed by atoms with Crippen LogP contribution in [0.2, 0.25) is 0 Å². The predicted octanol–water partition coefficient (Wildman–Crippen LogP) is 2.67. The van der Waals surface area contributed by atoms with Crippen LogP contribution in [-0.4, -0.2) is 18.1 Å². The summed E-state index contributed by atoms with van der Waals surface area (Å²) in [5.41, 5.74) is 0. The Morgan fingerprint density at radius 2 is 2.30 bits per heavy atom. The Labute approximate surface area is 66.7 Å². The molecule has 0 radical (unpaired) electrons. The van der Waals surface area contributed by atoms with E-state index in [0.717, 1.165) is 25.0 Å². The minimum atomic E-state index is 0.0622. The third kappa shape index (κ3) is 4.79. The van der Waals surface area contributed by atoms with Crippen molar-refractivity contribution in [2.75, 3.05) is 12.0 Å². The summed E-state index contributed by atoms with van der Waals surface area (Å²) in [5.74, 6) is 1.14. The Morgan fingerprint density at radius 1 is 1.60 bits per heavy atom. The molecule has 60 valence electrons.